The third kappa shape index (κ3) is 6.24. The highest BCUT2D eigenvalue weighted by atomic mass is 19.3. The van der Waals surface area contributed by atoms with Gasteiger partial charge in [0.2, 0.25) is 5.89 Å². The number of ether oxygens (including phenoxy) is 1. The number of rotatable bonds is 9. The number of aromatic nitrogens is 2. The third-order valence-electron chi connectivity index (χ3n) is 2.01. The second kappa shape index (κ2) is 7.70. The first-order valence-corrected chi connectivity index (χ1v) is 5.47. The first-order chi connectivity index (χ1) is 8.58. The Kier molecular flexibility index (Phi) is 6.20. The van der Waals surface area contributed by atoms with Crippen LogP contribution < -0.4 is 0 Å². The van der Waals surface area contributed by atoms with E-state index >= 15 is 0 Å². The zero-order valence-electron chi connectivity index (χ0n) is 9.64. The first kappa shape index (κ1) is 14.5. The fraction of sp³-hybridized carbons (Fsp3) is 0.700. The number of carboxylic acids is 1. The summed E-state index contributed by atoms with van der Waals surface area (Å²) in [7, 11) is 0. The lowest BCUT2D eigenvalue weighted by molar-refractivity contribution is -0.137. The van der Waals surface area contributed by atoms with Gasteiger partial charge in [-0.15, -0.1) is 0 Å². The van der Waals surface area contributed by atoms with Crippen LogP contribution in [0.2, 0.25) is 0 Å². The number of aliphatic carboxylic acids is 1. The molecule has 8 heteroatoms. The molecule has 18 heavy (non-hydrogen) atoms. The number of carbonyl (C=O) groups is 1. The van der Waals surface area contributed by atoms with Gasteiger partial charge < -0.3 is 14.4 Å². The molecule has 6 nitrogen and oxygen atoms in total. The zero-order valence-corrected chi connectivity index (χ0v) is 9.64. The number of alkyl halides is 2. The molecule has 1 heterocycles. The van der Waals surface area contributed by atoms with Gasteiger partial charge in [-0.1, -0.05) is 5.16 Å². The molecule has 0 radical (unpaired) electrons. The van der Waals surface area contributed by atoms with E-state index in [9.17, 15) is 13.6 Å². The summed E-state index contributed by atoms with van der Waals surface area (Å²) in [6.45, 7) is -0.512. The van der Waals surface area contributed by atoms with Crippen LogP contribution in [0.4, 0.5) is 8.78 Å². The Morgan fingerprint density at radius 1 is 1.44 bits per heavy atom. The summed E-state index contributed by atoms with van der Waals surface area (Å²) in [5, 5.41) is 12.1. The number of halogens is 2. The SMILES string of the molecule is O=C(O)CCCc1nc(CCOCC(F)F)no1. The third-order valence-corrected chi connectivity index (χ3v) is 2.01. The Balaban J connectivity index is 2.19. The van der Waals surface area contributed by atoms with Gasteiger partial charge in [-0.3, -0.25) is 4.79 Å². The van der Waals surface area contributed by atoms with Crippen molar-refractivity contribution in [3.63, 3.8) is 0 Å². The highest BCUT2D eigenvalue weighted by Gasteiger charge is 2.08. The summed E-state index contributed by atoms with van der Waals surface area (Å²) in [6, 6.07) is 0. The van der Waals surface area contributed by atoms with E-state index in [0.717, 1.165) is 0 Å². The number of hydrogen-bond donors (Lipinski definition) is 1. The molecule has 0 amide bonds. The van der Waals surface area contributed by atoms with Crippen molar-refractivity contribution < 1.29 is 27.9 Å². The Bertz CT molecular complexity index is 371. The van der Waals surface area contributed by atoms with Crippen LogP contribution in [0.15, 0.2) is 4.52 Å². The fourth-order valence-corrected chi connectivity index (χ4v) is 1.22. The van der Waals surface area contributed by atoms with Gasteiger partial charge in [0.15, 0.2) is 5.82 Å². The van der Waals surface area contributed by atoms with Gasteiger partial charge in [0, 0.05) is 19.3 Å². The molecule has 0 atom stereocenters. The van der Waals surface area contributed by atoms with E-state index in [1.165, 1.54) is 0 Å². The summed E-state index contributed by atoms with van der Waals surface area (Å²) in [5.74, 6) is -0.162. The molecular weight excluding hydrogens is 250 g/mol. The Morgan fingerprint density at radius 3 is 2.89 bits per heavy atom. The van der Waals surface area contributed by atoms with Crippen LogP contribution in [0.5, 0.6) is 0 Å². The van der Waals surface area contributed by atoms with Gasteiger partial charge in [-0.25, -0.2) is 8.78 Å². The quantitative estimate of drug-likeness (QED) is 0.677. The number of carboxylic acid groups (broad SMARTS) is 1. The maximum atomic E-state index is 11.7. The van der Waals surface area contributed by atoms with Crippen LogP contribution in [-0.4, -0.2) is 40.9 Å². The molecule has 0 saturated heterocycles. The fourth-order valence-electron chi connectivity index (χ4n) is 1.22. The number of hydrogen-bond acceptors (Lipinski definition) is 5. The molecule has 1 rings (SSSR count). The second-order valence-corrected chi connectivity index (χ2v) is 3.57. The lowest BCUT2D eigenvalue weighted by Crippen LogP contribution is -2.07. The lowest BCUT2D eigenvalue weighted by Gasteiger charge is -1.99. The Labute approximate surface area is 102 Å². The topological polar surface area (TPSA) is 85.5 Å². The standard InChI is InChI=1S/C10H14F2N2O4/c11-7(12)6-17-5-4-8-13-9(18-14-8)2-1-3-10(15)16/h7H,1-6H2,(H,15,16). The minimum Gasteiger partial charge on any atom is -0.481 e. The summed E-state index contributed by atoms with van der Waals surface area (Å²) >= 11 is 0. The lowest BCUT2D eigenvalue weighted by atomic mass is 10.2. The van der Waals surface area contributed by atoms with E-state index < -0.39 is 19.0 Å². The molecule has 0 aromatic carbocycles. The number of aryl methyl sites for hydroxylation is 1. The van der Waals surface area contributed by atoms with Crippen molar-refractivity contribution in [1.29, 1.82) is 0 Å². The average Bonchev–Trinajstić information content (AvgIpc) is 2.72. The van der Waals surface area contributed by atoms with Gasteiger partial charge in [-0.05, 0) is 6.42 Å². The predicted molar refractivity (Wildman–Crippen MR) is 55.4 cm³/mol. The first-order valence-electron chi connectivity index (χ1n) is 5.47. The minimum atomic E-state index is -2.48. The van der Waals surface area contributed by atoms with Crippen molar-refractivity contribution >= 4 is 5.97 Å². The van der Waals surface area contributed by atoms with E-state index in [-0.39, 0.29) is 19.4 Å². The molecule has 102 valence electrons. The van der Waals surface area contributed by atoms with Crippen LogP contribution in [0.1, 0.15) is 24.6 Å². The largest absolute Gasteiger partial charge is 0.481 e. The number of nitrogens with zero attached hydrogens (tertiary/aromatic N) is 2. The molecule has 1 aromatic rings. The van der Waals surface area contributed by atoms with E-state index in [2.05, 4.69) is 14.9 Å². The molecule has 1 N–H and O–H groups in total. The Hall–Kier alpha value is -1.57. The predicted octanol–water partition coefficient (Wildman–Crippen LogP) is 1.30. The van der Waals surface area contributed by atoms with Gasteiger partial charge in [0.05, 0.1) is 6.61 Å². The molecule has 0 saturated carbocycles. The van der Waals surface area contributed by atoms with Crippen molar-refractivity contribution in [2.45, 2.75) is 32.1 Å². The summed E-state index contributed by atoms with van der Waals surface area (Å²) in [6.07, 6.45) is -1.36. The molecule has 0 aliphatic heterocycles. The van der Waals surface area contributed by atoms with E-state index in [1.54, 1.807) is 0 Å². The molecule has 0 aliphatic rings. The summed E-state index contributed by atoms with van der Waals surface area (Å²) in [4.78, 5) is 14.3. The van der Waals surface area contributed by atoms with E-state index in [0.29, 0.717) is 24.6 Å². The van der Waals surface area contributed by atoms with Crippen molar-refractivity contribution in [2.75, 3.05) is 13.2 Å². The molecule has 0 bridgehead atoms. The smallest absolute Gasteiger partial charge is 0.303 e. The van der Waals surface area contributed by atoms with Crippen molar-refractivity contribution in [2.24, 2.45) is 0 Å². The van der Waals surface area contributed by atoms with Crippen LogP contribution in [-0.2, 0) is 22.4 Å². The van der Waals surface area contributed by atoms with Crippen LogP contribution in [0.25, 0.3) is 0 Å². The maximum Gasteiger partial charge on any atom is 0.303 e. The monoisotopic (exact) mass is 264 g/mol. The van der Waals surface area contributed by atoms with Gasteiger partial charge in [0.25, 0.3) is 6.43 Å². The van der Waals surface area contributed by atoms with Crippen LogP contribution in [0, 0.1) is 0 Å². The molecule has 0 fully saturated rings. The average molecular weight is 264 g/mol. The van der Waals surface area contributed by atoms with Gasteiger partial charge in [-0.2, -0.15) is 4.98 Å². The van der Waals surface area contributed by atoms with E-state index in [4.69, 9.17) is 9.63 Å². The van der Waals surface area contributed by atoms with Crippen LogP contribution in [0.3, 0.4) is 0 Å². The zero-order chi connectivity index (χ0) is 13.4. The van der Waals surface area contributed by atoms with Gasteiger partial charge >= 0.3 is 5.97 Å². The normalized spacial score (nSPS) is 11.1. The van der Waals surface area contributed by atoms with Crippen molar-refractivity contribution in [1.82, 2.24) is 10.1 Å². The van der Waals surface area contributed by atoms with Crippen LogP contribution >= 0.6 is 0 Å². The summed E-state index contributed by atoms with van der Waals surface area (Å²) in [5.41, 5.74) is 0. The van der Waals surface area contributed by atoms with Gasteiger partial charge in [0.1, 0.15) is 6.61 Å². The molecule has 0 spiro atoms. The maximum absolute atomic E-state index is 11.7. The minimum absolute atomic E-state index is 0.0369. The molecule has 1 aromatic heterocycles. The molecule has 0 aliphatic carbocycles. The molecule has 0 unspecified atom stereocenters. The Morgan fingerprint density at radius 2 is 2.22 bits per heavy atom. The van der Waals surface area contributed by atoms with Crippen molar-refractivity contribution in [3.8, 4) is 0 Å². The van der Waals surface area contributed by atoms with E-state index in [1.807, 2.05) is 0 Å². The molecular formula is C10H14F2N2O4. The highest BCUT2D eigenvalue weighted by molar-refractivity contribution is 5.66. The highest BCUT2D eigenvalue weighted by Crippen LogP contribution is 2.04. The van der Waals surface area contributed by atoms with Crippen molar-refractivity contribution in [3.05, 3.63) is 11.7 Å². The summed E-state index contributed by atoms with van der Waals surface area (Å²) < 4.78 is 33.0. The second-order valence-electron chi connectivity index (χ2n) is 3.57.